The van der Waals surface area contributed by atoms with Crippen LogP contribution in [0.25, 0.3) is 0 Å². The Morgan fingerprint density at radius 1 is 1.18 bits per heavy atom. The van der Waals surface area contributed by atoms with Crippen LogP contribution in [0.3, 0.4) is 0 Å². The fourth-order valence-electron chi connectivity index (χ4n) is 2.26. The lowest BCUT2D eigenvalue weighted by Gasteiger charge is -2.27. The largest absolute Gasteiger partial charge is 0.241 e. The molecule has 94 valence electrons. The topological polar surface area (TPSA) is 46.2 Å². The molecule has 0 bridgehead atoms. The monoisotopic (exact) mass is 273 g/mol. The number of benzene rings is 1. The molecule has 1 aliphatic carbocycles. The molecule has 17 heavy (non-hydrogen) atoms. The molecule has 1 aromatic rings. The Morgan fingerprint density at radius 3 is 2.29 bits per heavy atom. The average molecular weight is 274 g/mol. The molecule has 1 aromatic carbocycles. The van der Waals surface area contributed by atoms with E-state index < -0.39 is 15.6 Å². The van der Waals surface area contributed by atoms with Crippen molar-refractivity contribution in [2.45, 2.75) is 36.1 Å². The standard InChI is InChI=1S/C12H16ClNO2S/c13-10-12(8-4-5-9-12)14-17(15,16)11-6-2-1-3-7-11/h1-3,6-7,14H,4-5,8-10H2. The molecule has 0 spiro atoms. The SMILES string of the molecule is O=S(=O)(NC1(CCl)CCCC1)c1ccccc1. The first-order valence-corrected chi connectivity index (χ1v) is 7.75. The van der Waals surface area contributed by atoms with Gasteiger partial charge in [0.1, 0.15) is 0 Å². The van der Waals surface area contributed by atoms with Crippen LogP contribution < -0.4 is 4.72 Å². The normalized spacial score (nSPS) is 19.4. The molecule has 0 radical (unpaired) electrons. The van der Waals surface area contributed by atoms with Crippen molar-refractivity contribution in [2.75, 3.05) is 5.88 Å². The zero-order chi connectivity index (χ0) is 12.4. The summed E-state index contributed by atoms with van der Waals surface area (Å²) in [7, 11) is -3.45. The lowest BCUT2D eigenvalue weighted by atomic mass is 10.0. The van der Waals surface area contributed by atoms with Crippen LogP contribution in [0.15, 0.2) is 35.2 Å². The third-order valence-electron chi connectivity index (χ3n) is 3.22. The molecule has 1 fully saturated rings. The first-order chi connectivity index (χ1) is 8.08. The van der Waals surface area contributed by atoms with Crippen LogP contribution in [0.5, 0.6) is 0 Å². The third kappa shape index (κ3) is 2.81. The predicted octanol–water partition coefficient (Wildman–Crippen LogP) is 2.52. The van der Waals surface area contributed by atoms with Crippen molar-refractivity contribution in [3.8, 4) is 0 Å². The summed E-state index contributed by atoms with van der Waals surface area (Å²) in [5, 5.41) is 0. The molecule has 5 heteroatoms. The van der Waals surface area contributed by atoms with Crippen LogP contribution in [0.4, 0.5) is 0 Å². The van der Waals surface area contributed by atoms with Gasteiger partial charge < -0.3 is 0 Å². The number of nitrogens with one attached hydrogen (secondary N) is 1. The van der Waals surface area contributed by atoms with Gasteiger partial charge in [-0.05, 0) is 25.0 Å². The average Bonchev–Trinajstić information content (AvgIpc) is 2.79. The molecule has 2 rings (SSSR count). The molecule has 1 N–H and O–H groups in total. The van der Waals surface area contributed by atoms with Crippen LogP contribution in [-0.4, -0.2) is 19.8 Å². The number of sulfonamides is 1. The van der Waals surface area contributed by atoms with Crippen molar-refractivity contribution in [1.82, 2.24) is 4.72 Å². The van der Waals surface area contributed by atoms with Crippen molar-refractivity contribution < 1.29 is 8.42 Å². The highest BCUT2D eigenvalue weighted by atomic mass is 35.5. The van der Waals surface area contributed by atoms with Gasteiger partial charge in [-0.25, -0.2) is 13.1 Å². The third-order valence-corrected chi connectivity index (χ3v) is 5.33. The van der Waals surface area contributed by atoms with Gasteiger partial charge in [-0.2, -0.15) is 0 Å². The van der Waals surface area contributed by atoms with E-state index in [-0.39, 0.29) is 0 Å². The second-order valence-corrected chi connectivity index (χ2v) is 6.49. The van der Waals surface area contributed by atoms with E-state index in [1.54, 1.807) is 30.3 Å². The van der Waals surface area contributed by atoms with Gasteiger partial charge in [-0.3, -0.25) is 0 Å². The van der Waals surface area contributed by atoms with Gasteiger partial charge in [0.25, 0.3) is 0 Å². The van der Waals surface area contributed by atoms with Gasteiger partial charge in [0, 0.05) is 11.4 Å². The van der Waals surface area contributed by atoms with Crippen LogP contribution in [-0.2, 0) is 10.0 Å². The van der Waals surface area contributed by atoms with E-state index in [1.165, 1.54) is 0 Å². The van der Waals surface area contributed by atoms with Crippen LogP contribution in [0, 0.1) is 0 Å². The van der Waals surface area contributed by atoms with Crippen LogP contribution >= 0.6 is 11.6 Å². The van der Waals surface area contributed by atoms with Crippen molar-refractivity contribution in [1.29, 1.82) is 0 Å². The van der Waals surface area contributed by atoms with Gasteiger partial charge in [-0.1, -0.05) is 31.0 Å². The summed E-state index contributed by atoms with van der Waals surface area (Å²) in [4.78, 5) is 0.302. The first kappa shape index (κ1) is 12.9. The lowest BCUT2D eigenvalue weighted by Crippen LogP contribution is -2.47. The van der Waals surface area contributed by atoms with E-state index in [9.17, 15) is 8.42 Å². The van der Waals surface area contributed by atoms with Gasteiger partial charge >= 0.3 is 0 Å². The second kappa shape index (κ2) is 4.96. The minimum absolute atomic E-state index is 0.302. The number of hydrogen-bond acceptors (Lipinski definition) is 2. The molecule has 0 aliphatic heterocycles. The predicted molar refractivity (Wildman–Crippen MR) is 68.7 cm³/mol. The maximum atomic E-state index is 12.2. The van der Waals surface area contributed by atoms with E-state index in [1.807, 2.05) is 0 Å². The summed E-state index contributed by atoms with van der Waals surface area (Å²) >= 11 is 5.93. The fraction of sp³-hybridized carbons (Fsp3) is 0.500. The van der Waals surface area contributed by atoms with E-state index in [0.717, 1.165) is 25.7 Å². The Morgan fingerprint density at radius 2 is 1.76 bits per heavy atom. The quantitative estimate of drug-likeness (QED) is 0.857. The molecular formula is C12H16ClNO2S. The fourth-order valence-corrected chi connectivity index (χ4v) is 4.15. The Hall–Kier alpha value is -0.580. The maximum absolute atomic E-state index is 12.2. The van der Waals surface area contributed by atoms with E-state index in [2.05, 4.69) is 4.72 Å². The van der Waals surface area contributed by atoms with Gasteiger partial charge in [0.05, 0.1) is 4.90 Å². The van der Waals surface area contributed by atoms with Crippen LogP contribution in [0.2, 0.25) is 0 Å². The highest BCUT2D eigenvalue weighted by Gasteiger charge is 2.37. The zero-order valence-electron chi connectivity index (χ0n) is 9.52. The first-order valence-electron chi connectivity index (χ1n) is 5.73. The Kier molecular flexibility index (Phi) is 3.76. The summed E-state index contributed by atoms with van der Waals surface area (Å²) in [5.41, 5.74) is -0.448. The molecule has 3 nitrogen and oxygen atoms in total. The Labute approximate surface area is 107 Å². The second-order valence-electron chi connectivity index (χ2n) is 4.54. The van der Waals surface area contributed by atoms with Gasteiger partial charge in [-0.15, -0.1) is 11.6 Å². The minimum Gasteiger partial charge on any atom is -0.207 e. The molecular weight excluding hydrogens is 258 g/mol. The van der Waals surface area contributed by atoms with Crippen molar-refractivity contribution >= 4 is 21.6 Å². The Bertz CT molecular complexity index is 467. The molecule has 1 aliphatic rings. The van der Waals surface area contributed by atoms with Gasteiger partial charge in [0.15, 0.2) is 0 Å². The van der Waals surface area contributed by atoms with Crippen molar-refractivity contribution in [3.63, 3.8) is 0 Å². The molecule has 0 aromatic heterocycles. The number of rotatable bonds is 4. The highest BCUT2D eigenvalue weighted by molar-refractivity contribution is 7.89. The molecule has 0 atom stereocenters. The number of halogens is 1. The van der Waals surface area contributed by atoms with E-state index in [0.29, 0.717) is 10.8 Å². The number of hydrogen-bond donors (Lipinski definition) is 1. The summed E-state index contributed by atoms with van der Waals surface area (Å²) in [6.07, 6.45) is 3.71. The summed E-state index contributed by atoms with van der Waals surface area (Å²) in [5.74, 6) is 0.332. The summed E-state index contributed by atoms with van der Waals surface area (Å²) in [6, 6.07) is 8.43. The van der Waals surface area contributed by atoms with E-state index in [4.69, 9.17) is 11.6 Å². The maximum Gasteiger partial charge on any atom is 0.241 e. The Balaban J connectivity index is 2.23. The van der Waals surface area contributed by atoms with Crippen molar-refractivity contribution in [3.05, 3.63) is 30.3 Å². The lowest BCUT2D eigenvalue weighted by molar-refractivity contribution is 0.433. The molecule has 1 saturated carbocycles. The molecule has 0 heterocycles. The molecule has 0 unspecified atom stereocenters. The minimum atomic E-state index is -3.45. The zero-order valence-corrected chi connectivity index (χ0v) is 11.1. The molecule has 0 amide bonds. The van der Waals surface area contributed by atoms with Crippen LogP contribution in [0.1, 0.15) is 25.7 Å². The van der Waals surface area contributed by atoms with Gasteiger partial charge in [0.2, 0.25) is 10.0 Å². The van der Waals surface area contributed by atoms with E-state index >= 15 is 0 Å². The summed E-state index contributed by atoms with van der Waals surface area (Å²) < 4.78 is 27.1. The number of alkyl halides is 1. The summed E-state index contributed by atoms with van der Waals surface area (Å²) in [6.45, 7) is 0. The highest BCUT2D eigenvalue weighted by Crippen LogP contribution is 2.32. The molecule has 0 saturated heterocycles. The smallest absolute Gasteiger partial charge is 0.207 e. The van der Waals surface area contributed by atoms with Crippen molar-refractivity contribution in [2.24, 2.45) is 0 Å².